The molecule has 7 heteroatoms. The molecule has 1 unspecified atom stereocenters. The van der Waals surface area contributed by atoms with Crippen LogP contribution in [0.15, 0.2) is 0 Å². The molecule has 1 aliphatic heterocycles. The van der Waals surface area contributed by atoms with Crippen LogP contribution in [-0.4, -0.2) is 42.1 Å². The van der Waals surface area contributed by atoms with Crippen molar-refractivity contribution in [3.8, 4) is 0 Å². The minimum absolute atomic E-state index is 0.412. The summed E-state index contributed by atoms with van der Waals surface area (Å²) in [5.74, 6) is 8.03. The molecule has 2 rings (SSSR count). The fraction of sp³-hybridized carbons (Fsp3) is 0.769. The van der Waals surface area contributed by atoms with E-state index in [1.807, 2.05) is 19.0 Å². The summed E-state index contributed by atoms with van der Waals surface area (Å²) >= 11 is 0. The van der Waals surface area contributed by atoms with Crippen LogP contribution >= 0.6 is 0 Å². The Kier molecular flexibility index (Phi) is 4.94. The van der Waals surface area contributed by atoms with Crippen LogP contribution in [0.3, 0.4) is 0 Å². The molecule has 0 aliphatic carbocycles. The lowest BCUT2D eigenvalue weighted by atomic mass is 9.98. The Labute approximate surface area is 120 Å². The lowest BCUT2D eigenvalue weighted by Gasteiger charge is -2.22. The first-order valence-corrected chi connectivity index (χ1v) is 7.29. The van der Waals surface area contributed by atoms with Crippen LogP contribution in [0.25, 0.3) is 0 Å². The van der Waals surface area contributed by atoms with E-state index in [1.54, 1.807) is 0 Å². The predicted molar refractivity (Wildman–Crippen MR) is 81.8 cm³/mol. The van der Waals surface area contributed by atoms with Crippen molar-refractivity contribution < 1.29 is 0 Å². The van der Waals surface area contributed by atoms with Gasteiger partial charge in [-0.1, -0.05) is 13.3 Å². The Bertz CT molecular complexity index is 435. The van der Waals surface area contributed by atoms with Crippen molar-refractivity contribution in [1.82, 2.24) is 15.0 Å². The largest absolute Gasteiger partial charge is 0.347 e. The summed E-state index contributed by atoms with van der Waals surface area (Å²) in [6.45, 7) is 4.26. The molecule has 1 atom stereocenters. The SMILES string of the molecule is CCC1CCCN(c2nc(NN)nc(N(C)C)n2)CC1. The third kappa shape index (κ3) is 3.47. The molecule has 1 aliphatic rings. The molecule has 0 amide bonds. The lowest BCUT2D eigenvalue weighted by Crippen LogP contribution is -2.28. The van der Waals surface area contributed by atoms with E-state index < -0.39 is 0 Å². The van der Waals surface area contributed by atoms with Crippen molar-refractivity contribution in [2.24, 2.45) is 11.8 Å². The van der Waals surface area contributed by atoms with Gasteiger partial charge < -0.3 is 9.80 Å². The number of anilines is 3. The minimum atomic E-state index is 0.412. The van der Waals surface area contributed by atoms with Gasteiger partial charge in [-0.15, -0.1) is 0 Å². The summed E-state index contributed by atoms with van der Waals surface area (Å²) in [6, 6.07) is 0. The standard InChI is InChI=1S/C13H25N7/c1-4-10-6-5-8-20(9-7-10)13-16-11(18-14)15-12(17-13)19(2)3/h10H,4-9,14H2,1-3H3,(H,15,16,17,18). The van der Waals surface area contributed by atoms with Crippen LogP contribution in [0.2, 0.25) is 0 Å². The molecule has 0 bridgehead atoms. The van der Waals surface area contributed by atoms with E-state index >= 15 is 0 Å². The average molecular weight is 279 g/mol. The van der Waals surface area contributed by atoms with Crippen LogP contribution in [-0.2, 0) is 0 Å². The number of nitrogen functional groups attached to an aromatic ring is 1. The number of hydrogen-bond donors (Lipinski definition) is 2. The molecule has 1 saturated heterocycles. The van der Waals surface area contributed by atoms with Crippen molar-refractivity contribution in [3.05, 3.63) is 0 Å². The van der Waals surface area contributed by atoms with Crippen molar-refractivity contribution in [2.75, 3.05) is 42.4 Å². The third-order valence-corrected chi connectivity index (χ3v) is 3.85. The maximum Gasteiger partial charge on any atom is 0.243 e. The van der Waals surface area contributed by atoms with Crippen LogP contribution in [0.5, 0.6) is 0 Å². The molecule has 1 aromatic rings. The third-order valence-electron chi connectivity index (χ3n) is 3.85. The van der Waals surface area contributed by atoms with E-state index in [1.165, 1.54) is 25.7 Å². The van der Waals surface area contributed by atoms with Crippen LogP contribution < -0.4 is 21.1 Å². The number of nitrogens with one attached hydrogen (secondary N) is 1. The second-order valence-electron chi connectivity index (χ2n) is 5.49. The van der Waals surface area contributed by atoms with Gasteiger partial charge in [0.15, 0.2) is 0 Å². The molecular weight excluding hydrogens is 254 g/mol. The predicted octanol–water partition coefficient (Wildman–Crippen LogP) is 1.24. The van der Waals surface area contributed by atoms with E-state index in [0.29, 0.717) is 17.8 Å². The summed E-state index contributed by atoms with van der Waals surface area (Å²) in [4.78, 5) is 17.3. The van der Waals surface area contributed by atoms with Gasteiger partial charge in [0.1, 0.15) is 0 Å². The van der Waals surface area contributed by atoms with Crippen LogP contribution in [0, 0.1) is 5.92 Å². The lowest BCUT2D eigenvalue weighted by molar-refractivity contribution is 0.459. The molecule has 7 nitrogen and oxygen atoms in total. The minimum Gasteiger partial charge on any atom is -0.347 e. The van der Waals surface area contributed by atoms with Crippen molar-refractivity contribution in [1.29, 1.82) is 0 Å². The fourth-order valence-electron chi connectivity index (χ4n) is 2.53. The monoisotopic (exact) mass is 279 g/mol. The van der Waals surface area contributed by atoms with E-state index in [-0.39, 0.29) is 0 Å². The molecule has 112 valence electrons. The van der Waals surface area contributed by atoms with Gasteiger partial charge in [0.05, 0.1) is 0 Å². The number of nitrogens with zero attached hydrogens (tertiary/aromatic N) is 5. The first kappa shape index (κ1) is 14.8. The second kappa shape index (κ2) is 6.69. The molecule has 0 radical (unpaired) electrons. The van der Waals surface area contributed by atoms with Gasteiger partial charge in [0, 0.05) is 27.2 Å². The zero-order chi connectivity index (χ0) is 14.5. The topological polar surface area (TPSA) is 83.2 Å². The Morgan fingerprint density at radius 2 is 2.05 bits per heavy atom. The van der Waals surface area contributed by atoms with Gasteiger partial charge in [0.25, 0.3) is 0 Å². The van der Waals surface area contributed by atoms with E-state index in [2.05, 4.69) is 32.2 Å². The maximum absolute atomic E-state index is 5.45. The summed E-state index contributed by atoms with van der Waals surface area (Å²) in [7, 11) is 3.82. The highest BCUT2D eigenvalue weighted by Crippen LogP contribution is 2.23. The van der Waals surface area contributed by atoms with Crippen molar-refractivity contribution in [2.45, 2.75) is 32.6 Å². The molecular formula is C13H25N7. The number of nitrogens with two attached hydrogens (primary N) is 1. The first-order chi connectivity index (χ1) is 9.63. The Balaban J connectivity index is 2.20. The quantitative estimate of drug-likeness (QED) is 0.633. The van der Waals surface area contributed by atoms with Gasteiger partial charge in [-0.3, -0.25) is 5.43 Å². The fourth-order valence-corrected chi connectivity index (χ4v) is 2.53. The Hall–Kier alpha value is -1.63. The van der Waals surface area contributed by atoms with Gasteiger partial charge in [-0.05, 0) is 25.2 Å². The molecule has 1 aromatic heterocycles. The van der Waals surface area contributed by atoms with Gasteiger partial charge in [-0.25, -0.2) is 5.84 Å². The number of aromatic nitrogens is 3. The molecule has 0 spiro atoms. The normalized spacial score (nSPS) is 19.6. The van der Waals surface area contributed by atoms with Gasteiger partial charge in [-0.2, -0.15) is 15.0 Å². The zero-order valence-corrected chi connectivity index (χ0v) is 12.6. The van der Waals surface area contributed by atoms with Crippen molar-refractivity contribution in [3.63, 3.8) is 0 Å². The molecule has 1 fully saturated rings. The maximum atomic E-state index is 5.45. The second-order valence-corrected chi connectivity index (χ2v) is 5.49. The van der Waals surface area contributed by atoms with E-state index in [4.69, 9.17) is 5.84 Å². The molecule has 3 N–H and O–H groups in total. The molecule has 20 heavy (non-hydrogen) atoms. The smallest absolute Gasteiger partial charge is 0.243 e. The highest BCUT2D eigenvalue weighted by Gasteiger charge is 2.19. The summed E-state index contributed by atoms with van der Waals surface area (Å²) in [6.07, 6.45) is 4.93. The van der Waals surface area contributed by atoms with Crippen LogP contribution in [0.4, 0.5) is 17.8 Å². The zero-order valence-electron chi connectivity index (χ0n) is 12.6. The van der Waals surface area contributed by atoms with Gasteiger partial charge >= 0.3 is 0 Å². The van der Waals surface area contributed by atoms with Crippen LogP contribution in [0.1, 0.15) is 32.6 Å². The highest BCUT2D eigenvalue weighted by molar-refractivity contribution is 5.44. The Morgan fingerprint density at radius 3 is 2.70 bits per heavy atom. The number of hydrogen-bond acceptors (Lipinski definition) is 7. The van der Waals surface area contributed by atoms with E-state index in [9.17, 15) is 0 Å². The van der Waals surface area contributed by atoms with Crippen molar-refractivity contribution >= 4 is 17.8 Å². The average Bonchev–Trinajstić information content (AvgIpc) is 2.72. The Morgan fingerprint density at radius 1 is 1.25 bits per heavy atom. The number of rotatable bonds is 4. The summed E-state index contributed by atoms with van der Waals surface area (Å²) < 4.78 is 0. The molecule has 0 aromatic carbocycles. The summed E-state index contributed by atoms with van der Waals surface area (Å²) in [5, 5.41) is 0. The first-order valence-electron chi connectivity index (χ1n) is 7.29. The molecule has 0 saturated carbocycles. The van der Waals surface area contributed by atoms with Gasteiger partial charge in [0.2, 0.25) is 17.8 Å². The highest BCUT2D eigenvalue weighted by atomic mass is 15.4. The summed E-state index contributed by atoms with van der Waals surface area (Å²) in [5.41, 5.74) is 2.52. The molecule has 2 heterocycles. The van der Waals surface area contributed by atoms with E-state index in [0.717, 1.165) is 19.0 Å². The number of hydrazine groups is 1.